The Labute approximate surface area is 300 Å². The highest BCUT2D eigenvalue weighted by Gasteiger charge is 2.49. The van der Waals surface area contributed by atoms with E-state index in [2.05, 4.69) is 10.0 Å². The van der Waals surface area contributed by atoms with E-state index in [1.54, 1.807) is 88.8 Å². The minimum Gasteiger partial charge on any atom is -0.490 e. The van der Waals surface area contributed by atoms with Crippen LogP contribution in [0.1, 0.15) is 68.7 Å². The summed E-state index contributed by atoms with van der Waals surface area (Å²) >= 11 is 0. The van der Waals surface area contributed by atoms with E-state index in [-0.39, 0.29) is 43.9 Å². The van der Waals surface area contributed by atoms with Gasteiger partial charge in [-0.25, -0.2) is 18.8 Å². The standard InChI is InChI=1S/C36H43FN7O8/c1-34(2,3)50-32(47)29(52-44-30(45)27-10-7-8-11-28(27)31(44)46)20-49-26-14-12-24(13-15-26)25-18-42(17-9-16-39-40-38)43(19-25)23-36(37)21-41(22-36)33(48)51-35(4,5)6/h7-8,10-15,18-19,29H,9,16-17,20-23H2,1-6H3/q+1. The van der Waals surface area contributed by atoms with Gasteiger partial charge in [0.15, 0.2) is 12.2 Å². The molecular formula is C36H43FN7O8+. The van der Waals surface area contributed by atoms with Crippen molar-refractivity contribution < 1.29 is 47.3 Å². The number of esters is 1. The molecule has 2 aliphatic heterocycles. The summed E-state index contributed by atoms with van der Waals surface area (Å²) in [5, 5.41) is 4.15. The largest absolute Gasteiger partial charge is 0.490 e. The topological polar surface area (TPSA) is 169 Å². The number of aromatic nitrogens is 2. The third kappa shape index (κ3) is 9.25. The van der Waals surface area contributed by atoms with Crippen molar-refractivity contribution >= 4 is 23.9 Å². The van der Waals surface area contributed by atoms with E-state index in [0.29, 0.717) is 23.8 Å². The van der Waals surface area contributed by atoms with Crippen LogP contribution < -0.4 is 9.42 Å². The number of rotatable bonds is 13. The van der Waals surface area contributed by atoms with E-state index in [4.69, 9.17) is 24.6 Å². The van der Waals surface area contributed by atoms with Crippen LogP contribution in [0.4, 0.5) is 9.18 Å². The zero-order valence-corrected chi connectivity index (χ0v) is 30.1. The number of likely N-dealkylation sites (tertiary alicyclic amines) is 1. The third-order valence-corrected chi connectivity index (χ3v) is 7.91. The molecule has 3 amide bonds. The third-order valence-electron chi connectivity index (χ3n) is 7.91. The molecule has 16 heteroatoms. The number of nitrogens with zero attached hydrogens (tertiary/aromatic N) is 7. The number of ether oxygens (including phenoxy) is 3. The van der Waals surface area contributed by atoms with E-state index < -0.39 is 46.9 Å². The van der Waals surface area contributed by atoms with E-state index in [9.17, 15) is 19.2 Å². The molecule has 0 saturated carbocycles. The predicted molar refractivity (Wildman–Crippen MR) is 183 cm³/mol. The number of hydroxylamine groups is 2. The second kappa shape index (κ2) is 15.0. The van der Waals surface area contributed by atoms with Crippen LogP contribution in [-0.4, -0.2) is 87.7 Å². The molecule has 1 fully saturated rings. The number of fused-ring (bicyclic) bond motifs is 1. The second-order valence-electron chi connectivity index (χ2n) is 14.7. The van der Waals surface area contributed by atoms with E-state index in [1.807, 2.05) is 10.9 Å². The Kier molecular flexibility index (Phi) is 10.9. The van der Waals surface area contributed by atoms with Crippen molar-refractivity contribution in [2.45, 2.75) is 84.0 Å². The summed E-state index contributed by atoms with van der Waals surface area (Å²) in [5.41, 5.74) is 7.30. The number of azide groups is 1. The summed E-state index contributed by atoms with van der Waals surface area (Å²) in [6.07, 6.45) is 2.16. The quantitative estimate of drug-likeness (QED) is 0.0429. The number of benzene rings is 2. The van der Waals surface area contributed by atoms with Crippen LogP contribution in [0, 0.1) is 0 Å². The van der Waals surface area contributed by atoms with Gasteiger partial charge in [-0.3, -0.25) is 9.59 Å². The monoisotopic (exact) mass is 720 g/mol. The fourth-order valence-electron chi connectivity index (χ4n) is 5.63. The lowest BCUT2D eigenvalue weighted by molar-refractivity contribution is -0.776. The maximum Gasteiger partial charge on any atom is 0.410 e. The van der Waals surface area contributed by atoms with Crippen LogP contribution in [0.2, 0.25) is 0 Å². The molecule has 0 bridgehead atoms. The first-order chi connectivity index (χ1) is 24.4. The average molecular weight is 721 g/mol. The number of hydrogen-bond acceptors (Lipinski definition) is 9. The van der Waals surface area contributed by atoms with Crippen LogP contribution in [-0.2, 0) is 32.2 Å². The summed E-state index contributed by atoms with van der Waals surface area (Å²) in [6.45, 7) is 10.4. The minimum absolute atomic E-state index is 0.0197. The highest BCUT2D eigenvalue weighted by Crippen LogP contribution is 2.30. The fourth-order valence-corrected chi connectivity index (χ4v) is 5.63. The van der Waals surface area contributed by atoms with Gasteiger partial charge in [-0.15, -0.1) is 9.75 Å². The lowest BCUT2D eigenvalue weighted by Gasteiger charge is -2.43. The minimum atomic E-state index is -1.67. The molecule has 0 N–H and O–H groups in total. The van der Waals surface area contributed by atoms with E-state index in [1.165, 1.54) is 17.0 Å². The predicted octanol–water partition coefficient (Wildman–Crippen LogP) is 5.42. The number of aryl methyl sites for hydroxylation is 1. The summed E-state index contributed by atoms with van der Waals surface area (Å²) in [6, 6.07) is 13.2. The zero-order chi connectivity index (χ0) is 37.8. The fraction of sp³-hybridized carbons (Fsp3) is 0.472. The lowest BCUT2D eigenvalue weighted by Crippen LogP contribution is -2.64. The van der Waals surface area contributed by atoms with Crippen molar-refractivity contribution in [1.29, 1.82) is 0 Å². The molecule has 5 rings (SSSR count). The lowest BCUT2D eigenvalue weighted by atomic mass is 9.97. The Morgan fingerprint density at radius 2 is 1.58 bits per heavy atom. The molecular weight excluding hydrogens is 677 g/mol. The summed E-state index contributed by atoms with van der Waals surface area (Å²) < 4.78 is 36.1. The van der Waals surface area contributed by atoms with Crippen molar-refractivity contribution in [2.75, 3.05) is 26.2 Å². The van der Waals surface area contributed by atoms with E-state index >= 15 is 4.39 Å². The van der Waals surface area contributed by atoms with Crippen LogP contribution in [0.3, 0.4) is 0 Å². The number of amides is 3. The second-order valence-corrected chi connectivity index (χ2v) is 14.7. The molecule has 1 aromatic heterocycles. The van der Waals surface area contributed by atoms with Gasteiger partial charge in [0.2, 0.25) is 12.3 Å². The number of imide groups is 1. The van der Waals surface area contributed by atoms with Crippen molar-refractivity contribution in [3.63, 3.8) is 0 Å². The van der Waals surface area contributed by atoms with Crippen LogP contribution in [0.25, 0.3) is 21.6 Å². The Bertz CT molecular complexity index is 1830. The van der Waals surface area contributed by atoms with Crippen LogP contribution in [0.5, 0.6) is 5.75 Å². The summed E-state index contributed by atoms with van der Waals surface area (Å²) in [7, 11) is 0. The highest BCUT2D eigenvalue weighted by atomic mass is 19.1. The van der Waals surface area contributed by atoms with Gasteiger partial charge in [0.1, 0.15) is 30.1 Å². The Morgan fingerprint density at radius 1 is 0.962 bits per heavy atom. The number of carbonyl (C=O) groups excluding carboxylic acids is 4. The molecule has 1 unspecified atom stereocenters. The Hall–Kier alpha value is -5.47. The van der Waals surface area contributed by atoms with Crippen molar-refractivity contribution in [1.82, 2.24) is 14.6 Å². The number of carbonyl (C=O) groups is 4. The number of alkyl halides is 1. The van der Waals surface area contributed by atoms with Crippen LogP contribution >= 0.6 is 0 Å². The molecule has 276 valence electrons. The molecule has 0 aliphatic carbocycles. The number of halogens is 1. The molecule has 1 atom stereocenters. The Morgan fingerprint density at radius 3 is 2.15 bits per heavy atom. The molecule has 2 aliphatic rings. The molecule has 0 radical (unpaired) electrons. The van der Waals surface area contributed by atoms with Gasteiger partial charge < -0.3 is 19.1 Å². The maximum atomic E-state index is 15.8. The van der Waals surface area contributed by atoms with Gasteiger partial charge in [-0.2, -0.15) is 4.68 Å². The van der Waals surface area contributed by atoms with Gasteiger partial charge in [0.25, 0.3) is 11.8 Å². The summed E-state index contributed by atoms with van der Waals surface area (Å²) in [4.78, 5) is 61.1. The molecule has 1 saturated heterocycles. The van der Waals surface area contributed by atoms with Gasteiger partial charge >= 0.3 is 12.1 Å². The van der Waals surface area contributed by atoms with E-state index in [0.717, 1.165) is 11.1 Å². The van der Waals surface area contributed by atoms with Crippen molar-refractivity contribution in [2.24, 2.45) is 5.11 Å². The first-order valence-corrected chi connectivity index (χ1v) is 16.8. The van der Waals surface area contributed by atoms with Crippen molar-refractivity contribution in [3.8, 4) is 16.9 Å². The molecule has 0 spiro atoms. The van der Waals surface area contributed by atoms with Gasteiger partial charge in [-0.1, -0.05) is 29.4 Å². The van der Waals surface area contributed by atoms with Crippen molar-refractivity contribution in [3.05, 3.63) is 82.5 Å². The molecule has 3 aromatic rings. The Balaban J connectivity index is 1.28. The smallest absolute Gasteiger partial charge is 0.410 e. The van der Waals surface area contributed by atoms with Gasteiger partial charge in [0.05, 0.1) is 36.0 Å². The first kappa shape index (κ1) is 37.8. The van der Waals surface area contributed by atoms with Gasteiger partial charge in [-0.05, 0) is 76.9 Å². The molecule has 15 nitrogen and oxygen atoms in total. The summed E-state index contributed by atoms with van der Waals surface area (Å²) in [5.74, 6) is -1.85. The average Bonchev–Trinajstić information content (AvgIpc) is 3.55. The normalized spacial score (nSPS) is 15.8. The molecule has 3 heterocycles. The van der Waals surface area contributed by atoms with Crippen LogP contribution in [0.15, 0.2) is 66.0 Å². The van der Waals surface area contributed by atoms with Gasteiger partial charge in [0, 0.05) is 17.9 Å². The maximum absolute atomic E-state index is 15.8. The molecule has 52 heavy (non-hydrogen) atoms. The highest BCUT2D eigenvalue weighted by molar-refractivity contribution is 6.20. The zero-order valence-electron chi connectivity index (χ0n) is 30.1. The number of hydrogen-bond donors (Lipinski definition) is 0. The first-order valence-electron chi connectivity index (χ1n) is 16.8. The SMILES string of the molecule is CC(C)(C)OC(=O)C(COc1ccc(-c2cn(CC3(F)CN(C(=O)OC(C)(C)C)C3)[n+](CCCN=[N+]=[N-])c2)cc1)ON1C(=O)c2ccccc2C1=O. The molecule has 2 aromatic carbocycles.